The Labute approximate surface area is 174 Å². The van der Waals surface area contributed by atoms with E-state index in [2.05, 4.69) is 15.6 Å². The normalized spacial score (nSPS) is 11.8. The highest BCUT2D eigenvalue weighted by atomic mass is 16.2. The third kappa shape index (κ3) is 4.07. The summed E-state index contributed by atoms with van der Waals surface area (Å²) in [7, 11) is 0. The number of hydrogen-bond acceptors (Lipinski definition) is 3. The maximum atomic E-state index is 12.9. The molecule has 2 heterocycles. The molecule has 2 amide bonds. The zero-order valence-electron chi connectivity index (χ0n) is 16.6. The van der Waals surface area contributed by atoms with Crippen molar-refractivity contribution in [3.8, 4) is 0 Å². The number of imidazole rings is 1. The van der Waals surface area contributed by atoms with Crippen LogP contribution in [0.1, 0.15) is 45.2 Å². The molecule has 1 unspecified atom stereocenters. The molecule has 4 aromatic rings. The first-order valence-electron chi connectivity index (χ1n) is 9.78. The summed E-state index contributed by atoms with van der Waals surface area (Å²) in [5.41, 5.74) is 2.79. The molecule has 4 rings (SSSR count). The molecule has 0 saturated carbocycles. The Morgan fingerprint density at radius 2 is 1.57 bits per heavy atom. The Morgan fingerprint density at radius 1 is 0.900 bits per heavy atom. The van der Waals surface area contributed by atoms with Gasteiger partial charge in [0.2, 0.25) is 5.82 Å². The van der Waals surface area contributed by atoms with E-state index in [9.17, 15) is 9.59 Å². The van der Waals surface area contributed by atoms with Crippen molar-refractivity contribution in [1.29, 1.82) is 0 Å². The number of pyridine rings is 1. The summed E-state index contributed by atoms with van der Waals surface area (Å²) in [5.74, 6) is -0.481. The molecule has 0 fully saturated rings. The average molecular weight is 398 g/mol. The quantitative estimate of drug-likeness (QED) is 0.519. The van der Waals surface area contributed by atoms with Gasteiger partial charge in [-0.25, -0.2) is 4.98 Å². The molecule has 0 radical (unpaired) electrons. The Bertz CT molecular complexity index is 1170. The standard InChI is InChI=1S/C24H22N4O2/c1-17(19-12-6-3-7-13-19)26-24(30)22-27-21(20-14-8-9-15-28(20)22)23(29)25-16-18-10-4-2-5-11-18/h2-15,17H,16H2,1H3,(H,25,29)(H,26,30). The van der Waals surface area contributed by atoms with Crippen molar-refractivity contribution >= 4 is 17.3 Å². The van der Waals surface area contributed by atoms with Gasteiger partial charge in [-0.05, 0) is 30.2 Å². The lowest BCUT2D eigenvalue weighted by Crippen LogP contribution is -2.28. The predicted octanol–water partition coefficient (Wildman–Crippen LogP) is 3.76. The van der Waals surface area contributed by atoms with Crippen molar-refractivity contribution in [2.75, 3.05) is 0 Å². The second kappa shape index (κ2) is 8.61. The molecule has 30 heavy (non-hydrogen) atoms. The fourth-order valence-electron chi connectivity index (χ4n) is 3.31. The van der Waals surface area contributed by atoms with Gasteiger partial charge in [0.1, 0.15) is 0 Å². The van der Waals surface area contributed by atoms with Gasteiger partial charge in [-0.15, -0.1) is 0 Å². The minimum Gasteiger partial charge on any atom is -0.347 e. The van der Waals surface area contributed by atoms with Crippen LogP contribution in [-0.4, -0.2) is 21.2 Å². The van der Waals surface area contributed by atoms with Crippen LogP contribution < -0.4 is 10.6 Å². The predicted molar refractivity (Wildman–Crippen MR) is 115 cm³/mol. The van der Waals surface area contributed by atoms with E-state index in [1.807, 2.05) is 73.7 Å². The number of nitrogens with zero attached hydrogens (tertiary/aromatic N) is 2. The molecule has 2 aromatic carbocycles. The Kier molecular flexibility index (Phi) is 5.57. The number of amides is 2. The maximum absolute atomic E-state index is 12.9. The first kappa shape index (κ1) is 19.4. The van der Waals surface area contributed by atoms with E-state index in [0.717, 1.165) is 11.1 Å². The number of aromatic nitrogens is 2. The van der Waals surface area contributed by atoms with Crippen molar-refractivity contribution in [3.05, 3.63) is 108 Å². The Balaban J connectivity index is 1.57. The van der Waals surface area contributed by atoms with Crippen LogP contribution >= 0.6 is 0 Å². The van der Waals surface area contributed by atoms with E-state index >= 15 is 0 Å². The van der Waals surface area contributed by atoms with Gasteiger partial charge >= 0.3 is 0 Å². The van der Waals surface area contributed by atoms with Crippen LogP contribution in [0.3, 0.4) is 0 Å². The van der Waals surface area contributed by atoms with Crippen LogP contribution in [0.4, 0.5) is 0 Å². The van der Waals surface area contributed by atoms with Gasteiger partial charge in [0.25, 0.3) is 11.8 Å². The second-order valence-electron chi connectivity index (χ2n) is 7.01. The van der Waals surface area contributed by atoms with Gasteiger partial charge in [-0.2, -0.15) is 0 Å². The third-order valence-electron chi connectivity index (χ3n) is 4.91. The summed E-state index contributed by atoms with van der Waals surface area (Å²) in [6.07, 6.45) is 1.73. The zero-order chi connectivity index (χ0) is 20.9. The molecular formula is C24H22N4O2. The van der Waals surface area contributed by atoms with Crippen LogP contribution in [0.15, 0.2) is 85.1 Å². The van der Waals surface area contributed by atoms with Gasteiger partial charge < -0.3 is 10.6 Å². The number of fused-ring (bicyclic) bond motifs is 1. The summed E-state index contributed by atoms with van der Waals surface area (Å²) in [4.78, 5) is 30.1. The van der Waals surface area contributed by atoms with Gasteiger partial charge in [-0.1, -0.05) is 66.7 Å². The van der Waals surface area contributed by atoms with E-state index in [4.69, 9.17) is 0 Å². The highest BCUT2D eigenvalue weighted by Gasteiger charge is 2.22. The maximum Gasteiger partial charge on any atom is 0.288 e. The zero-order valence-corrected chi connectivity index (χ0v) is 16.6. The SMILES string of the molecule is CC(NC(=O)c1nc(C(=O)NCc2ccccc2)c2ccccn12)c1ccccc1. The van der Waals surface area contributed by atoms with E-state index in [-0.39, 0.29) is 29.4 Å². The van der Waals surface area contributed by atoms with Crippen LogP contribution in [0.5, 0.6) is 0 Å². The minimum atomic E-state index is -0.338. The third-order valence-corrected chi connectivity index (χ3v) is 4.91. The first-order valence-corrected chi connectivity index (χ1v) is 9.78. The number of benzene rings is 2. The lowest BCUT2D eigenvalue weighted by Gasteiger charge is -2.13. The Morgan fingerprint density at radius 3 is 2.30 bits per heavy atom. The summed E-state index contributed by atoms with van der Waals surface area (Å²) in [6, 6.07) is 24.6. The lowest BCUT2D eigenvalue weighted by molar-refractivity contribution is 0.0928. The van der Waals surface area contributed by atoms with Crippen molar-refractivity contribution in [3.63, 3.8) is 0 Å². The average Bonchev–Trinajstić information content (AvgIpc) is 3.19. The molecular weight excluding hydrogens is 376 g/mol. The van der Waals surface area contributed by atoms with Crippen LogP contribution in [0, 0.1) is 0 Å². The van der Waals surface area contributed by atoms with Crippen molar-refractivity contribution in [1.82, 2.24) is 20.0 Å². The molecule has 0 saturated heterocycles. The summed E-state index contributed by atoms with van der Waals surface area (Å²) in [5, 5.41) is 5.84. The second-order valence-corrected chi connectivity index (χ2v) is 7.01. The molecule has 0 aliphatic heterocycles. The van der Waals surface area contributed by atoms with Crippen LogP contribution in [0.25, 0.3) is 5.52 Å². The fraction of sp³-hybridized carbons (Fsp3) is 0.125. The molecule has 6 heteroatoms. The van der Waals surface area contributed by atoms with Crippen LogP contribution in [0.2, 0.25) is 0 Å². The number of nitrogens with one attached hydrogen (secondary N) is 2. The van der Waals surface area contributed by atoms with E-state index in [0.29, 0.717) is 12.1 Å². The van der Waals surface area contributed by atoms with Crippen molar-refractivity contribution in [2.45, 2.75) is 19.5 Å². The minimum absolute atomic E-state index is 0.179. The highest BCUT2D eigenvalue weighted by Crippen LogP contribution is 2.16. The molecule has 150 valence electrons. The van der Waals surface area contributed by atoms with E-state index < -0.39 is 0 Å². The van der Waals surface area contributed by atoms with Gasteiger partial charge in [-0.3, -0.25) is 14.0 Å². The molecule has 1 atom stereocenters. The van der Waals surface area contributed by atoms with Crippen molar-refractivity contribution < 1.29 is 9.59 Å². The number of carbonyl (C=O) groups is 2. The lowest BCUT2D eigenvalue weighted by atomic mass is 10.1. The fourth-order valence-corrected chi connectivity index (χ4v) is 3.31. The van der Waals surface area contributed by atoms with E-state index in [1.54, 1.807) is 22.7 Å². The summed E-state index contributed by atoms with van der Waals surface area (Å²) >= 11 is 0. The van der Waals surface area contributed by atoms with Gasteiger partial charge in [0.15, 0.2) is 5.69 Å². The highest BCUT2D eigenvalue weighted by molar-refractivity contribution is 6.02. The number of hydrogen-bond donors (Lipinski definition) is 2. The first-order chi connectivity index (χ1) is 14.6. The van der Waals surface area contributed by atoms with Gasteiger partial charge in [0, 0.05) is 12.7 Å². The largest absolute Gasteiger partial charge is 0.347 e. The number of carbonyl (C=O) groups excluding carboxylic acids is 2. The Hall–Kier alpha value is -3.93. The molecule has 0 aliphatic rings. The molecule has 0 aliphatic carbocycles. The number of rotatable bonds is 6. The molecule has 2 N–H and O–H groups in total. The molecule has 2 aromatic heterocycles. The summed E-state index contributed by atoms with van der Waals surface area (Å²) in [6.45, 7) is 2.30. The molecule has 6 nitrogen and oxygen atoms in total. The van der Waals surface area contributed by atoms with Crippen molar-refractivity contribution in [2.24, 2.45) is 0 Å². The topological polar surface area (TPSA) is 75.5 Å². The molecule has 0 spiro atoms. The summed E-state index contributed by atoms with van der Waals surface area (Å²) < 4.78 is 1.64. The van der Waals surface area contributed by atoms with Crippen LogP contribution in [-0.2, 0) is 6.54 Å². The molecule has 0 bridgehead atoms. The smallest absolute Gasteiger partial charge is 0.288 e. The van der Waals surface area contributed by atoms with E-state index in [1.165, 1.54) is 0 Å². The van der Waals surface area contributed by atoms with Gasteiger partial charge in [0.05, 0.1) is 11.6 Å². The monoisotopic (exact) mass is 398 g/mol.